The van der Waals surface area contributed by atoms with Crippen molar-refractivity contribution in [3.63, 3.8) is 0 Å². The molecule has 0 unspecified atom stereocenters. The van der Waals surface area contributed by atoms with Crippen LogP contribution in [0.4, 0.5) is 17.3 Å². The molecule has 0 aliphatic carbocycles. The van der Waals surface area contributed by atoms with Crippen LogP contribution in [0.3, 0.4) is 0 Å². The Bertz CT molecular complexity index is 1420. The number of oxazole rings is 1. The minimum Gasteiger partial charge on any atom is -0.407 e. The van der Waals surface area contributed by atoms with Crippen molar-refractivity contribution in [2.24, 2.45) is 0 Å². The van der Waals surface area contributed by atoms with Crippen molar-refractivity contribution in [2.75, 3.05) is 23.3 Å². The van der Waals surface area contributed by atoms with Gasteiger partial charge in [0.2, 0.25) is 5.91 Å². The van der Waals surface area contributed by atoms with Gasteiger partial charge in [-0.15, -0.1) is 0 Å². The summed E-state index contributed by atoms with van der Waals surface area (Å²) in [5.74, 6) is -0.347. The molecule has 3 heterocycles. The van der Waals surface area contributed by atoms with Gasteiger partial charge in [0, 0.05) is 19.2 Å². The maximum Gasteiger partial charge on any atom is 0.420 e. The van der Waals surface area contributed by atoms with Crippen LogP contribution in [0.25, 0.3) is 22.1 Å². The Hall–Kier alpha value is -4.28. The second-order valence-corrected chi connectivity index (χ2v) is 7.49. The first-order valence-corrected chi connectivity index (χ1v) is 10.1. The highest BCUT2D eigenvalue weighted by molar-refractivity contribution is 5.94. The number of aromatic nitrogens is 3. The lowest BCUT2D eigenvalue weighted by Gasteiger charge is -2.20. The first-order valence-electron chi connectivity index (χ1n) is 10.1. The summed E-state index contributed by atoms with van der Waals surface area (Å²) in [6.07, 6.45) is 2.06. The molecule has 5 rings (SSSR count). The first kappa shape index (κ1) is 19.7. The fraction of sp³-hybridized carbons (Fsp3) is 0.238. The summed E-state index contributed by atoms with van der Waals surface area (Å²) in [6, 6.07) is 11.2. The third kappa shape index (κ3) is 3.53. The highest BCUT2D eigenvalue weighted by atomic mass is 16.6. The molecule has 162 valence electrons. The molecule has 0 radical (unpaired) electrons. The molecule has 1 aliphatic heterocycles. The van der Waals surface area contributed by atoms with E-state index in [1.54, 1.807) is 0 Å². The van der Waals surface area contributed by atoms with Crippen LogP contribution in [-0.4, -0.2) is 38.5 Å². The number of fused-ring (bicyclic) bond motifs is 2. The van der Waals surface area contributed by atoms with Crippen molar-refractivity contribution in [1.29, 1.82) is 0 Å². The van der Waals surface area contributed by atoms with E-state index >= 15 is 0 Å². The Kier molecular flexibility index (Phi) is 4.77. The maximum atomic E-state index is 12.8. The topological polar surface area (TPSA) is 136 Å². The lowest BCUT2D eigenvalue weighted by molar-refractivity contribution is -0.384. The molecular formula is C21H18N6O5. The lowest BCUT2D eigenvalue weighted by atomic mass is 10.3. The van der Waals surface area contributed by atoms with E-state index in [2.05, 4.69) is 15.2 Å². The van der Waals surface area contributed by atoms with Crippen molar-refractivity contribution >= 4 is 45.4 Å². The van der Waals surface area contributed by atoms with Crippen molar-refractivity contribution in [1.82, 2.24) is 14.5 Å². The van der Waals surface area contributed by atoms with E-state index in [4.69, 9.17) is 9.40 Å². The van der Waals surface area contributed by atoms with E-state index in [9.17, 15) is 19.7 Å². The molecule has 32 heavy (non-hydrogen) atoms. The Labute approximate surface area is 180 Å². The monoisotopic (exact) mass is 434 g/mol. The number of rotatable bonds is 5. The number of carbonyl (C=O) groups excluding carboxylic acids is 1. The first-order chi connectivity index (χ1) is 15.5. The van der Waals surface area contributed by atoms with Gasteiger partial charge in [-0.3, -0.25) is 19.5 Å². The molecule has 2 aromatic heterocycles. The van der Waals surface area contributed by atoms with Crippen LogP contribution in [0.15, 0.2) is 51.7 Å². The second kappa shape index (κ2) is 7.76. The number of nitro groups is 1. The number of hydrogen-bond donors (Lipinski definition) is 1. The minimum atomic E-state index is -0.778. The highest BCUT2D eigenvalue weighted by Crippen LogP contribution is 2.28. The van der Waals surface area contributed by atoms with Gasteiger partial charge in [-0.05, 0) is 31.0 Å². The summed E-state index contributed by atoms with van der Waals surface area (Å²) in [7, 11) is 0. The molecule has 2 aromatic carbocycles. The number of nitro benzene ring substituents is 1. The van der Waals surface area contributed by atoms with E-state index in [0.29, 0.717) is 22.7 Å². The van der Waals surface area contributed by atoms with Gasteiger partial charge >= 0.3 is 5.76 Å². The average Bonchev–Trinajstić information content (AvgIpc) is 3.41. The van der Waals surface area contributed by atoms with Crippen LogP contribution >= 0.6 is 0 Å². The van der Waals surface area contributed by atoms with Gasteiger partial charge in [0.05, 0.1) is 27.5 Å². The largest absolute Gasteiger partial charge is 0.420 e. The van der Waals surface area contributed by atoms with Gasteiger partial charge in [-0.1, -0.05) is 12.1 Å². The molecular weight excluding hydrogens is 416 g/mol. The number of anilines is 2. The predicted molar refractivity (Wildman–Crippen MR) is 117 cm³/mol. The fourth-order valence-electron chi connectivity index (χ4n) is 3.86. The van der Waals surface area contributed by atoms with E-state index in [-0.39, 0.29) is 17.8 Å². The molecule has 0 spiro atoms. The molecule has 1 aliphatic rings. The molecule has 4 aromatic rings. The summed E-state index contributed by atoms with van der Waals surface area (Å²) < 4.78 is 6.21. The van der Waals surface area contributed by atoms with E-state index < -0.39 is 16.6 Å². The van der Waals surface area contributed by atoms with Crippen LogP contribution in [0.2, 0.25) is 0 Å². The van der Waals surface area contributed by atoms with Crippen LogP contribution in [0.5, 0.6) is 0 Å². The van der Waals surface area contributed by atoms with Crippen molar-refractivity contribution < 1.29 is 14.1 Å². The number of para-hydroxylation sites is 2. The van der Waals surface area contributed by atoms with Crippen molar-refractivity contribution in [3.8, 4) is 0 Å². The number of amides is 1. The number of non-ortho nitro benzene ring substituents is 1. The number of carbonyl (C=O) groups is 1. The SMILES string of the molecule is O=C(Cn1c(=O)oc2cc([N+](=O)[O-])ccc21)Nc1nc2ccccc2nc1N1CCCC1. The molecule has 1 fully saturated rings. The number of nitrogens with zero attached hydrogens (tertiary/aromatic N) is 5. The Balaban J connectivity index is 1.46. The number of hydrogen-bond acceptors (Lipinski definition) is 8. The molecule has 11 nitrogen and oxygen atoms in total. The van der Waals surface area contributed by atoms with E-state index in [1.807, 2.05) is 24.3 Å². The van der Waals surface area contributed by atoms with Crippen LogP contribution in [0.1, 0.15) is 12.8 Å². The van der Waals surface area contributed by atoms with E-state index in [1.165, 1.54) is 12.1 Å². The second-order valence-electron chi connectivity index (χ2n) is 7.49. The molecule has 0 atom stereocenters. The number of benzene rings is 2. The van der Waals surface area contributed by atoms with E-state index in [0.717, 1.165) is 42.1 Å². The summed E-state index contributed by atoms with van der Waals surface area (Å²) in [4.78, 5) is 46.8. The fourth-order valence-corrected chi connectivity index (χ4v) is 3.86. The smallest absolute Gasteiger partial charge is 0.407 e. The van der Waals surface area contributed by atoms with Gasteiger partial charge in [0.1, 0.15) is 6.54 Å². The lowest BCUT2D eigenvalue weighted by Crippen LogP contribution is -2.27. The zero-order valence-corrected chi connectivity index (χ0v) is 16.9. The van der Waals surface area contributed by atoms with Gasteiger partial charge in [0.15, 0.2) is 17.2 Å². The van der Waals surface area contributed by atoms with Crippen LogP contribution in [0, 0.1) is 10.1 Å². The number of nitrogens with one attached hydrogen (secondary N) is 1. The van der Waals surface area contributed by atoms with Crippen molar-refractivity contribution in [2.45, 2.75) is 19.4 Å². The maximum absolute atomic E-state index is 12.8. The summed E-state index contributed by atoms with van der Waals surface area (Å²) in [5, 5.41) is 13.7. The van der Waals surface area contributed by atoms with Gasteiger partial charge in [-0.25, -0.2) is 14.8 Å². The quantitative estimate of drug-likeness (QED) is 0.374. The third-order valence-corrected chi connectivity index (χ3v) is 5.38. The van der Waals surface area contributed by atoms with Gasteiger partial charge in [0.25, 0.3) is 5.69 Å². The van der Waals surface area contributed by atoms with Gasteiger partial charge < -0.3 is 14.6 Å². The molecule has 1 amide bonds. The highest BCUT2D eigenvalue weighted by Gasteiger charge is 2.22. The zero-order valence-electron chi connectivity index (χ0n) is 16.9. The summed E-state index contributed by atoms with van der Waals surface area (Å²) in [6.45, 7) is 1.30. The summed E-state index contributed by atoms with van der Waals surface area (Å²) >= 11 is 0. The molecule has 1 N–H and O–H groups in total. The summed E-state index contributed by atoms with van der Waals surface area (Å²) in [5.41, 5.74) is 1.50. The minimum absolute atomic E-state index is 0.0419. The third-order valence-electron chi connectivity index (χ3n) is 5.38. The zero-order chi connectivity index (χ0) is 22.2. The molecule has 1 saturated heterocycles. The van der Waals surface area contributed by atoms with Crippen LogP contribution in [-0.2, 0) is 11.3 Å². The molecule has 0 bridgehead atoms. The molecule has 11 heteroatoms. The Morgan fingerprint density at radius 2 is 1.84 bits per heavy atom. The Morgan fingerprint density at radius 3 is 2.56 bits per heavy atom. The van der Waals surface area contributed by atoms with Crippen LogP contribution < -0.4 is 16.0 Å². The standard InChI is InChI=1S/C21H18N6O5/c28-18(12-26-16-8-7-13(27(30)31)11-17(16)32-21(26)29)24-19-20(25-9-3-4-10-25)23-15-6-2-1-5-14(15)22-19/h1-2,5-8,11H,3-4,9-10,12H2,(H,22,24,28). The predicted octanol–water partition coefficient (Wildman–Crippen LogP) is 2.68. The van der Waals surface area contributed by atoms with Gasteiger partial charge in [-0.2, -0.15) is 0 Å². The van der Waals surface area contributed by atoms with Crippen molar-refractivity contribution in [3.05, 3.63) is 63.1 Å². The normalized spacial score (nSPS) is 13.7. The Morgan fingerprint density at radius 1 is 1.12 bits per heavy atom. The average molecular weight is 434 g/mol. The molecule has 0 saturated carbocycles.